The van der Waals surface area contributed by atoms with E-state index in [4.69, 9.17) is 0 Å². The quantitative estimate of drug-likeness (QED) is 0.765. The number of halogens is 4. The molecule has 3 rings (SSSR count). The number of aliphatic hydroxyl groups is 1. The molecule has 8 heteroatoms. The van der Waals surface area contributed by atoms with Crippen molar-refractivity contribution in [2.75, 3.05) is 18.4 Å². The van der Waals surface area contributed by atoms with Crippen LogP contribution >= 0.6 is 0 Å². The molecule has 0 spiro atoms. The van der Waals surface area contributed by atoms with E-state index in [-0.39, 0.29) is 17.7 Å². The number of alkyl halides is 3. The number of amides is 2. The van der Waals surface area contributed by atoms with Crippen molar-refractivity contribution in [1.82, 2.24) is 4.90 Å². The second kappa shape index (κ2) is 6.23. The number of nitrogens with zero attached hydrogens (tertiary/aromatic N) is 1. The van der Waals surface area contributed by atoms with Crippen molar-refractivity contribution in [3.8, 4) is 0 Å². The molecule has 1 aliphatic heterocycles. The van der Waals surface area contributed by atoms with Crippen LogP contribution < -0.4 is 5.32 Å². The zero-order valence-electron chi connectivity index (χ0n) is 12.8. The first-order chi connectivity index (χ1) is 11.2. The van der Waals surface area contributed by atoms with E-state index in [2.05, 4.69) is 5.32 Å². The molecule has 4 nitrogen and oxygen atoms in total. The highest BCUT2D eigenvalue weighted by atomic mass is 19.4. The van der Waals surface area contributed by atoms with Crippen molar-refractivity contribution in [2.45, 2.75) is 31.5 Å². The Morgan fingerprint density at radius 1 is 1.21 bits per heavy atom. The van der Waals surface area contributed by atoms with Crippen LogP contribution in [-0.2, 0) is 6.18 Å². The summed E-state index contributed by atoms with van der Waals surface area (Å²) in [5, 5.41) is 12.1. The summed E-state index contributed by atoms with van der Waals surface area (Å²) in [6.07, 6.45) is -2.87. The van der Waals surface area contributed by atoms with Gasteiger partial charge in [0, 0.05) is 18.8 Å². The Balaban J connectivity index is 1.64. The maximum Gasteiger partial charge on any atom is 0.419 e. The lowest BCUT2D eigenvalue weighted by Gasteiger charge is -2.27. The number of fused-ring (bicyclic) bond motifs is 1. The summed E-state index contributed by atoms with van der Waals surface area (Å²) < 4.78 is 51.1. The average Bonchev–Trinajstić information content (AvgIpc) is 2.89. The highest BCUT2D eigenvalue weighted by molar-refractivity contribution is 5.89. The van der Waals surface area contributed by atoms with Crippen molar-refractivity contribution < 1.29 is 27.5 Å². The number of benzene rings is 1. The first-order valence-corrected chi connectivity index (χ1v) is 7.85. The Kier molecular flexibility index (Phi) is 4.42. The zero-order valence-corrected chi connectivity index (χ0v) is 12.8. The number of hydrogen-bond donors (Lipinski definition) is 2. The number of carbonyl (C=O) groups excluding carboxylic acids is 1. The molecule has 132 valence electrons. The van der Waals surface area contributed by atoms with Crippen LogP contribution in [0.2, 0.25) is 0 Å². The second-order valence-electron chi connectivity index (χ2n) is 6.51. The molecule has 2 aliphatic rings. The summed E-state index contributed by atoms with van der Waals surface area (Å²) in [4.78, 5) is 13.8. The number of carbonyl (C=O) groups is 1. The minimum atomic E-state index is -4.77. The van der Waals surface area contributed by atoms with Crippen LogP contribution in [-0.4, -0.2) is 35.2 Å². The summed E-state index contributed by atoms with van der Waals surface area (Å²) in [5.74, 6) is -0.842. The molecule has 1 aliphatic carbocycles. The van der Waals surface area contributed by atoms with Gasteiger partial charge in [-0.3, -0.25) is 0 Å². The van der Waals surface area contributed by atoms with E-state index in [0.29, 0.717) is 37.6 Å². The van der Waals surface area contributed by atoms with Crippen LogP contribution in [0, 0.1) is 17.7 Å². The van der Waals surface area contributed by atoms with Crippen LogP contribution in [0.4, 0.5) is 28.0 Å². The standard InChI is InChI=1S/C16H18F4N2O2/c17-14-6-11(2-4-13(14)16(18,19)20)21-15(24)22-7-9-1-3-12(23)5-10(9)8-22/h2,4,6,9-10,12,23H,1,3,5,7-8H2,(H,21,24). The van der Waals surface area contributed by atoms with Crippen molar-refractivity contribution in [3.63, 3.8) is 0 Å². The molecule has 0 radical (unpaired) electrons. The van der Waals surface area contributed by atoms with Crippen molar-refractivity contribution in [3.05, 3.63) is 29.6 Å². The Bertz CT molecular complexity index is 635. The first kappa shape index (κ1) is 17.0. The molecule has 2 amide bonds. The number of aliphatic hydroxyl groups excluding tert-OH is 1. The van der Waals surface area contributed by atoms with E-state index >= 15 is 0 Å². The van der Waals surface area contributed by atoms with Crippen molar-refractivity contribution in [2.24, 2.45) is 11.8 Å². The third-order valence-electron chi connectivity index (χ3n) is 4.83. The molecule has 3 unspecified atom stereocenters. The molecule has 0 bridgehead atoms. The first-order valence-electron chi connectivity index (χ1n) is 7.85. The van der Waals surface area contributed by atoms with Crippen molar-refractivity contribution in [1.29, 1.82) is 0 Å². The molecule has 3 atom stereocenters. The molecule has 1 aromatic carbocycles. The average molecular weight is 346 g/mol. The fourth-order valence-corrected chi connectivity index (χ4v) is 3.60. The van der Waals surface area contributed by atoms with Gasteiger partial charge in [0.25, 0.3) is 0 Å². The molecule has 0 aromatic heterocycles. The Morgan fingerprint density at radius 3 is 2.58 bits per heavy atom. The number of urea groups is 1. The Labute approximate surface area is 136 Å². The van der Waals surface area contributed by atoms with Gasteiger partial charge in [0.15, 0.2) is 0 Å². The van der Waals surface area contributed by atoms with Crippen LogP contribution in [0.5, 0.6) is 0 Å². The molecular formula is C16H18F4N2O2. The molecule has 2 N–H and O–H groups in total. The van der Waals surface area contributed by atoms with Crippen LogP contribution in [0.1, 0.15) is 24.8 Å². The summed E-state index contributed by atoms with van der Waals surface area (Å²) in [6.45, 7) is 1.04. The third-order valence-corrected chi connectivity index (χ3v) is 4.83. The predicted octanol–water partition coefficient (Wildman–Crippen LogP) is 3.47. The molecule has 1 aromatic rings. The van der Waals surface area contributed by atoms with Crippen LogP contribution in [0.15, 0.2) is 18.2 Å². The highest BCUT2D eigenvalue weighted by Gasteiger charge is 2.39. The minimum absolute atomic E-state index is 0.0135. The van der Waals surface area contributed by atoms with Gasteiger partial charge in [-0.05, 0) is 49.3 Å². The Hall–Kier alpha value is -1.83. The number of anilines is 1. The maximum absolute atomic E-state index is 13.5. The topological polar surface area (TPSA) is 52.6 Å². The van der Waals surface area contributed by atoms with Gasteiger partial charge in [-0.1, -0.05) is 0 Å². The van der Waals surface area contributed by atoms with E-state index in [1.807, 2.05) is 0 Å². The number of hydrogen-bond acceptors (Lipinski definition) is 2. The predicted molar refractivity (Wildman–Crippen MR) is 78.8 cm³/mol. The molecule has 1 heterocycles. The fourth-order valence-electron chi connectivity index (χ4n) is 3.60. The van der Waals surface area contributed by atoms with E-state index < -0.39 is 23.6 Å². The monoisotopic (exact) mass is 346 g/mol. The van der Waals surface area contributed by atoms with Gasteiger partial charge in [0.2, 0.25) is 0 Å². The van der Waals surface area contributed by atoms with E-state index in [1.165, 1.54) is 0 Å². The Morgan fingerprint density at radius 2 is 1.92 bits per heavy atom. The lowest BCUT2D eigenvalue weighted by atomic mass is 9.80. The van der Waals surface area contributed by atoms with E-state index in [1.54, 1.807) is 4.90 Å². The summed E-state index contributed by atoms with van der Waals surface area (Å²) in [5.41, 5.74) is -1.37. The molecule has 24 heavy (non-hydrogen) atoms. The maximum atomic E-state index is 13.5. The fraction of sp³-hybridized carbons (Fsp3) is 0.562. The van der Waals surface area contributed by atoms with Crippen LogP contribution in [0.25, 0.3) is 0 Å². The normalized spacial score (nSPS) is 27.0. The third kappa shape index (κ3) is 3.48. The van der Waals surface area contributed by atoms with E-state index in [0.717, 1.165) is 18.9 Å². The zero-order chi connectivity index (χ0) is 17.5. The van der Waals surface area contributed by atoms with Gasteiger partial charge in [-0.25, -0.2) is 9.18 Å². The molecule has 2 fully saturated rings. The summed E-state index contributed by atoms with van der Waals surface area (Å²) in [7, 11) is 0. The van der Waals surface area contributed by atoms with Crippen LogP contribution in [0.3, 0.4) is 0 Å². The lowest BCUT2D eigenvalue weighted by Crippen LogP contribution is -2.33. The van der Waals surface area contributed by atoms with Gasteiger partial charge in [0.05, 0.1) is 11.7 Å². The molecule has 1 saturated carbocycles. The summed E-state index contributed by atoms with van der Waals surface area (Å²) in [6, 6.07) is 1.87. The largest absolute Gasteiger partial charge is 0.419 e. The van der Waals surface area contributed by atoms with Gasteiger partial charge in [0.1, 0.15) is 5.82 Å². The van der Waals surface area contributed by atoms with E-state index in [9.17, 15) is 27.5 Å². The van der Waals surface area contributed by atoms with Gasteiger partial charge in [-0.2, -0.15) is 13.2 Å². The van der Waals surface area contributed by atoms with Gasteiger partial charge < -0.3 is 15.3 Å². The molecular weight excluding hydrogens is 328 g/mol. The van der Waals surface area contributed by atoms with Crippen molar-refractivity contribution >= 4 is 11.7 Å². The lowest BCUT2D eigenvalue weighted by molar-refractivity contribution is -0.139. The smallest absolute Gasteiger partial charge is 0.393 e. The highest BCUT2D eigenvalue weighted by Crippen LogP contribution is 2.37. The number of rotatable bonds is 1. The molecule has 1 saturated heterocycles. The second-order valence-corrected chi connectivity index (χ2v) is 6.51. The number of likely N-dealkylation sites (tertiary alicyclic amines) is 1. The minimum Gasteiger partial charge on any atom is -0.393 e. The SMILES string of the molecule is O=C(Nc1ccc(C(F)(F)F)c(F)c1)N1CC2CCC(O)CC2C1. The number of nitrogens with one attached hydrogen (secondary N) is 1. The van der Waals surface area contributed by atoms with Gasteiger partial charge in [-0.15, -0.1) is 0 Å². The van der Waals surface area contributed by atoms with Gasteiger partial charge >= 0.3 is 12.2 Å². The summed E-state index contributed by atoms with van der Waals surface area (Å²) >= 11 is 0.